The molecule has 0 bridgehead atoms. The Morgan fingerprint density at radius 3 is 2.68 bits per heavy atom. The molecule has 0 N–H and O–H groups in total. The van der Waals surface area contributed by atoms with Crippen LogP contribution in [0.15, 0.2) is 67.0 Å². The fourth-order valence-electron chi connectivity index (χ4n) is 3.48. The van der Waals surface area contributed by atoms with E-state index in [-0.39, 0.29) is 6.67 Å². The topological polar surface area (TPSA) is 17.8 Å². The number of alkyl halides is 1. The van der Waals surface area contributed by atoms with Gasteiger partial charge in [0.15, 0.2) is 0 Å². The van der Waals surface area contributed by atoms with Crippen LogP contribution in [-0.4, -0.2) is 16.2 Å². The van der Waals surface area contributed by atoms with Crippen molar-refractivity contribution in [3.05, 3.63) is 67.0 Å². The summed E-state index contributed by atoms with van der Waals surface area (Å²) in [5.41, 5.74) is 3.65. The highest BCUT2D eigenvalue weighted by atomic mass is 19.1. The van der Waals surface area contributed by atoms with Crippen molar-refractivity contribution in [3.63, 3.8) is 0 Å². The first-order valence-corrected chi connectivity index (χ1v) is 8.85. The van der Waals surface area contributed by atoms with Gasteiger partial charge < -0.3 is 4.57 Å². The van der Waals surface area contributed by atoms with Crippen molar-refractivity contribution in [2.75, 3.05) is 6.67 Å². The summed E-state index contributed by atoms with van der Waals surface area (Å²) in [6.07, 6.45) is 6.29. The van der Waals surface area contributed by atoms with Crippen molar-refractivity contribution in [1.82, 2.24) is 9.55 Å². The Kier molecular flexibility index (Phi) is 4.47. The first-order chi connectivity index (χ1) is 12.4. The lowest BCUT2D eigenvalue weighted by atomic mass is 10.1. The van der Waals surface area contributed by atoms with Gasteiger partial charge in [0.25, 0.3) is 0 Å². The molecule has 0 fully saturated rings. The van der Waals surface area contributed by atoms with Crippen LogP contribution < -0.4 is 0 Å². The summed E-state index contributed by atoms with van der Waals surface area (Å²) in [4.78, 5) is 4.24. The number of hydrogen-bond donors (Lipinski definition) is 0. The van der Waals surface area contributed by atoms with Crippen molar-refractivity contribution in [2.24, 2.45) is 0 Å². The lowest BCUT2D eigenvalue weighted by Crippen LogP contribution is -2.00. The zero-order chi connectivity index (χ0) is 17.1. The molecule has 25 heavy (non-hydrogen) atoms. The molecule has 0 saturated heterocycles. The molecule has 0 amide bonds. The molecular formula is C22H21FN2. The van der Waals surface area contributed by atoms with E-state index in [1.807, 2.05) is 18.5 Å². The Bertz CT molecular complexity index is 1000. The van der Waals surface area contributed by atoms with Gasteiger partial charge in [-0.1, -0.05) is 30.3 Å². The molecule has 0 radical (unpaired) electrons. The lowest BCUT2D eigenvalue weighted by Gasteiger charge is -2.11. The lowest BCUT2D eigenvalue weighted by molar-refractivity contribution is 0.449. The summed E-state index contributed by atoms with van der Waals surface area (Å²) in [5.74, 6) is 0. The highest BCUT2D eigenvalue weighted by Gasteiger charge is 2.11. The van der Waals surface area contributed by atoms with Gasteiger partial charge >= 0.3 is 0 Å². The van der Waals surface area contributed by atoms with E-state index in [1.54, 1.807) is 0 Å². The predicted molar refractivity (Wildman–Crippen MR) is 103 cm³/mol. The van der Waals surface area contributed by atoms with Crippen molar-refractivity contribution >= 4 is 21.7 Å². The minimum absolute atomic E-state index is 0.225. The molecule has 126 valence electrons. The van der Waals surface area contributed by atoms with Gasteiger partial charge in [0.05, 0.1) is 6.67 Å². The van der Waals surface area contributed by atoms with E-state index >= 15 is 0 Å². The summed E-state index contributed by atoms with van der Waals surface area (Å²) in [6.45, 7) is 0.685. The van der Waals surface area contributed by atoms with Gasteiger partial charge in [-0.25, -0.2) is 0 Å². The van der Waals surface area contributed by atoms with Crippen LogP contribution in [0, 0.1) is 0 Å². The largest absolute Gasteiger partial charge is 0.340 e. The standard InChI is InChI=1S/C22H21FN2/c23-11-4-1-5-13-25-21-7-3-2-6-18(21)15-22(25)19-9-8-17-10-12-24-16-20(17)14-19/h2-3,6-10,12,14-16H,1,4-5,11,13H2. The average Bonchev–Trinajstić information content (AvgIpc) is 3.03. The number of nitrogens with zero attached hydrogens (tertiary/aromatic N) is 2. The van der Waals surface area contributed by atoms with E-state index in [2.05, 4.69) is 58.1 Å². The zero-order valence-corrected chi connectivity index (χ0v) is 14.2. The van der Waals surface area contributed by atoms with Gasteiger partial charge in [-0.05, 0) is 54.5 Å². The van der Waals surface area contributed by atoms with Crippen molar-refractivity contribution in [3.8, 4) is 11.3 Å². The molecule has 0 aliphatic rings. The number of rotatable bonds is 6. The Balaban J connectivity index is 1.78. The quantitative estimate of drug-likeness (QED) is 0.396. The van der Waals surface area contributed by atoms with Crippen molar-refractivity contribution in [1.29, 1.82) is 0 Å². The number of aryl methyl sites for hydroxylation is 1. The molecule has 2 nitrogen and oxygen atoms in total. The van der Waals surface area contributed by atoms with Crippen LogP contribution in [0.5, 0.6) is 0 Å². The Hall–Kier alpha value is -2.68. The molecule has 0 saturated carbocycles. The highest BCUT2D eigenvalue weighted by Crippen LogP contribution is 2.30. The summed E-state index contributed by atoms with van der Waals surface area (Å²) >= 11 is 0. The molecule has 4 aromatic rings. The summed E-state index contributed by atoms with van der Waals surface area (Å²) < 4.78 is 14.8. The molecule has 0 aliphatic carbocycles. The summed E-state index contributed by atoms with van der Waals surface area (Å²) in [5, 5.41) is 3.59. The molecule has 0 aliphatic heterocycles. The molecule has 2 aromatic carbocycles. The maximum Gasteiger partial charge on any atom is 0.0894 e. The fraction of sp³-hybridized carbons (Fsp3) is 0.227. The van der Waals surface area contributed by atoms with Gasteiger partial charge in [-0.2, -0.15) is 0 Å². The Labute approximate surface area is 146 Å². The van der Waals surface area contributed by atoms with E-state index in [1.165, 1.54) is 27.5 Å². The van der Waals surface area contributed by atoms with Gasteiger partial charge in [-0.3, -0.25) is 9.37 Å². The highest BCUT2D eigenvalue weighted by molar-refractivity contribution is 5.91. The molecule has 2 aromatic heterocycles. The second-order valence-electron chi connectivity index (χ2n) is 6.43. The fourth-order valence-corrected chi connectivity index (χ4v) is 3.48. The monoisotopic (exact) mass is 332 g/mol. The average molecular weight is 332 g/mol. The minimum atomic E-state index is -0.225. The van der Waals surface area contributed by atoms with E-state index in [0.717, 1.165) is 24.8 Å². The van der Waals surface area contributed by atoms with Crippen LogP contribution >= 0.6 is 0 Å². The number of hydrogen-bond acceptors (Lipinski definition) is 1. The SMILES string of the molecule is FCCCCCn1c(-c2ccc3ccncc3c2)cc2ccccc21. The van der Waals surface area contributed by atoms with Crippen LogP contribution in [0.2, 0.25) is 0 Å². The third kappa shape index (κ3) is 3.14. The molecule has 0 atom stereocenters. The minimum Gasteiger partial charge on any atom is -0.340 e. The first kappa shape index (κ1) is 15.8. The van der Waals surface area contributed by atoms with Crippen LogP contribution in [-0.2, 0) is 6.54 Å². The van der Waals surface area contributed by atoms with Gasteiger partial charge in [0.1, 0.15) is 0 Å². The normalized spacial score (nSPS) is 11.4. The molecule has 4 rings (SSSR count). The molecule has 0 unspecified atom stereocenters. The predicted octanol–water partition coefficient (Wildman–Crippen LogP) is 6.00. The number of para-hydroxylation sites is 1. The van der Waals surface area contributed by atoms with Gasteiger partial charge in [-0.15, -0.1) is 0 Å². The number of benzene rings is 2. The summed E-state index contributed by atoms with van der Waals surface area (Å²) in [7, 11) is 0. The van der Waals surface area contributed by atoms with Gasteiger partial charge in [0, 0.05) is 40.9 Å². The maximum absolute atomic E-state index is 12.4. The van der Waals surface area contributed by atoms with E-state index < -0.39 is 0 Å². The molecule has 0 spiro atoms. The number of pyridine rings is 1. The van der Waals surface area contributed by atoms with Crippen molar-refractivity contribution in [2.45, 2.75) is 25.8 Å². The van der Waals surface area contributed by atoms with E-state index in [9.17, 15) is 4.39 Å². The second-order valence-corrected chi connectivity index (χ2v) is 6.43. The van der Waals surface area contributed by atoms with Crippen LogP contribution in [0.3, 0.4) is 0 Å². The molecule has 2 heterocycles. The van der Waals surface area contributed by atoms with Crippen LogP contribution in [0.1, 0.15) is 19.3 Å². The Morgan fingerprint density at radius 2 is 1.76 bits per heavy atom. The smallest absolute Gasteiger partial charge is 0.0894 e. The Morgan fingerprint density at radius 1 is 0.840 bits per heavy atom. The molecule has 3 heteroatoms. The van der Waals surface area contributed by atoms with Crippen molar-refractivity contribution < 1.29 is 4.39 Å². The number of aromatic nitrogens is 2. The number of unbranched alkanes of at least 4 members (excludes halogenated alkanes) is 2. The molecular weight excluding hydrogens is 311 g/mol. The van der Waals surface area contributed by atoms with Crippen LogP contribution in [0.25, 0.3) is 32.9 Å². The number of halogens is 1. The van der Waals surface area contributed by atoms with Crippen LogP contribution in [0.4, 0.5) is 4.39 Å². The zero-order valence-electron chi connectivity index (χ0n) is 14.2. The van der Waals surface area contributed by atoms with E-state index in [0.29, 0.717) is 6.42 Å². The maximum atomic E-state index is 12.4. The summed E-state index contributed by atoms with van der Waals surface area (Å²) in [6, 6.07) is 19.3. The first-order valence-electron chi connectivity index (χ1n) is 8.85. The van der Waals surface area contributed by atoms with E-state index in [4.69, 9.17) is 0 Å². The third-order valence-electron chi connectivity index (χ3n) is 4.76. The second kappa shape index (κ2) is 7.06. The van der Waals surface area contributed by atoms with Gasteiger partial charge in [0.2, 0.25) is 0 Å². The number of fused-ring (bicyclic) bond motifs is 2. The third-order valence-corrected chi connectivity index (χ3v) is 4.76.